The van der Waals surface area contributed by atoms with Gasteiger partial charge in [-0.15, -0.1) is 0 Å². The minimum absolute atomic E-state index is 0.101. The number of carbonyl (C=O) groups is 1. The number of aromatic nitrogens is 1. The Morgan fingerprint density at radius 1 is 1.03 bits per heavy atom. The van der Waals surface area contributed by atoms with E-state index in [1.807, 2.05) is 6.92 Å². The van der Waals surface area contributed by atoms with Crippen LogP contribution in [0.5, 0.6) is 0 Å². The van der Waals surface area contributed by atoms with Crippen molar-refractivity contribution in [1.29, 1.82) is 0 Å². The number of nitrogens with one attached hydrogen (secondary N) is 1. The highest BCUT2D eigenvalue weighted by Crippen LogP contribution is 2.28. The zero-order valence-electron chi connectivity index (χ0n) is 21.9. The third-order valence-corrected chi connectivity index (χ3v) is 8.39. The summed E-state index contributed by atoms with van der Waals surface area (Å²) >= 11 is 0. The SMILES string of the molecule is CCc1ccc(S(=O)(=O)Nc2ccc3nc(N4CCN([C@H](C)CC(C)C)CC4)cc(C(=O)O)c3c2)cc1. The molecule has 0 aliphatic carbocycles. The van der Waals surface area contributed by atoms with Gasteiger partial charge in [0.1, 0.15) is 5.82 Å². The first-order valence-corrected chi connectivity index (χ1v) is 14.3. The molecule has 9 heteroatoms. The fraction of sp³-hybridized carbons (Fsp3) is 0.429. The number of sulfonamides is 1. The molecule has 1 aliphatic rings. The van der Waals surface area contributed by atoms with Gasteiger partial charge in [0.15, 0.2) is 0 Å². The van der Waals surface area contributed by atoms with Crippen LogP contribution in [0.2, 0.25) is 0 Å². The molecule has 198 valence electrons. The number of carboxylic acid groups (broad SMARTS) is 1. The molecule has 4 rings (SSSR count). The van der Waals surface area contributed by atoms with Crippen molar-refractivity contribution < 1.29 is 18.3 Å². The molecule has 1 atom stereocenters. The van der Waals surface area contributed by atoms with Crippen molar-refractivity contribution in [3.8, 4) is 0 Å². The lowest BCUT2D eigenvalue weighted by Crippen LogP contribution is -2.50. The smallest absolute Gasteiger partial charge is 0.336 e. The van der Waals surface area contributed by atoms with E-state index in [-0.39, 0.29) is 16.1 Å². The average molecular weight is 525 g/mol. The number of pyridine rings is 1. The van der Waals surface area contributed by atoms with Crippen LogP contribution in [0.4, 0.5) is 11.5 Å². The molecule has 0 amide bonds. The highest BCUT2D eigenvalue weighted by Gasteiger charge is 2.24. The Kier molecular flexibility index (Phi) is 8.04. The highest BCUT2D eigenvalue weighted by molar-refractivity contribution is 7.92. The molecular weight excluding hydrogens is 488 g/mol. The van der Waals surface area contributed by atoms with Crippen LogP contribution in [0.15, 0.2) is 53.4 Å². The van der Waals surface area contributed by atoms with Gasteiger partial charge in [-0.05, 0) is 67.6 Å². The van der Waals surface area contributed by atoms with Crippen LogP contribution in [0.3, 0.4) is 0 Å². The maximum atomic E-state index is 12.9. The number of carboxylic acids is 1. The molecule has 0 spiro atoms. The number of hydrogen-bond acceptors (Lipinski definition) is 6. The fourth-order valence-electron chi connectivity index (χ4n) is 4.96. The van der Waals surface area contributed by atoms with Crippen LogP contribution in [0.25, 0.3) is 10.9 Å². The van der Waals surface area contributed by atoms with Gasteiger partial charge in [0.25, 0.3) is 10.0 Å². The van der Waals surface area contributed by atoms with Crippen molar-refractivity contribution in [3.05, 3.63) is 59.7 Å². The molecule has 1 aromatic heterocycles. The van der Waals surface area contributed by atoms with E-state index < -0.39 is 16.0 Å². The van der Waals surface area contributed by atoms with Crippen LogP contribution in [0, 0.1) is 5.92 Å². The number of piperazine rings is 1. The Balaban J connectivity index is 1.57. The summed E-state index contributed by atoms with van der Waals surface area (Å²) in [4.78, 5) is 21.7. The van der Waals surface area contributed by atoms with Gasteiger partial charge in [-0.3, -0.25) is 9.62 Å². The third kappa shape index (κ3) is 6.22. The number of nitrogens with zero attached hydrogens (tertiary/aromatic N) is 3. The van der Waals surface area contributed by atoms with Gasteiger partial charge in [0, 0.05) is 43.3 Å². The number of fused-ring (bicyclic) bond motifs is 1. The van der Waals surface area contributed by atoms with Crippen molar-refractivity contribution in [2.24, 2.45) is 5.92 Å². The van der Waals surface area contributed by atoms with E-state index in [1.165, 1.54) is 0 Å². The number of rotatable bonds is 9. The summed E-state index contributed by atoms with van der Waals surface area (Å²) in [6.07, 6.45) is 1.96. The van der Waals surface area contributed by atoms with Gasteiger partial charge in [-0.1, -0.05) is 32.9 Å². The zero-order chi connectivity index (χ0) is 26.7. The van der Waals surface area contributed by atoms with E-state index in [1.54, 1.807) is 48.5 Å². The average Bonchev–Trinajstić information content (AvgIpc) is 2.87. The fourth-order valence-corrected chi connectivity index (χ4v) is 6.01. The first kappa shape index (κ1) is 26.9. The second-order valence-electron chi connectivity index (χ2n) is 10.2. The predicted octanol–water partition coefficient (Wildman–Crippen LogP) is 4.85. The first-order chi connectivity index (χ1) is 17.6. The predicted molar refractivity (Wildman–Crippen MR) is 148 cm³/mol. The zero-order valence-corrected chi connectivity index (χ0v) is 22.8. The minimum atomic E-state index is -3.82. The lowest BCUT2D eigenvalue weighted by atomic mass is 10.0. The Morgan fingerprint density at radius 3 is 2.30 bits per heavy atom. The van der Waals surface area contributed by atoms with E-state index >= 15 is 0 Å². The van der Waals surface area contributed by atoms with Crippen LogP contribution in [0.1, 0.15) is 50.0 Å². The van der Waals surface area contributed by atoms with Gasteiger partial charge >= 0.3 is 5.97 Å². The molecule has 1 saturated heterocycles. The first-order valence-electron chi connectivity index (χ1n) is 12.9. The van der Waals surface area contributed by atoms with Crippen LogP contribution in [-0.4, -0.2) is 61.6 Å². The van der Waals surface area contributed by atoms with Gasteiger partial charge in [-0.2, -0.15) is 0 Å². The highest BCUT2D eigenvalue weighted by atomic mass is 32.2. The molecule has 0 bridgehead atoms. The van der Waals surface area contributed by atoms with Crippen LogP contribution >= 0.6 is 0 Å². The van der Waals surface area contributed by atoms with E-state index in [0.29, 0.717) is 28.7 Å². The Labute approximate surface area is 219 Å². The molecule has 0 radical (unpaired) electrons. The van der Waals surface area contributed by atoms with Crippen molar-refractivity contribution in [1.82, 2.24) is 9.88 Å². The standard InChI is InChI=1S/C28H36N4O4S/c1-5-21-6-9-23(10-7-21)37(35,36)30-22-8-11-26-24(17-22)25(28(33)34)18-27(29-26)32-14-12-31(13-15-32)20(4)16-19(2)3/h6-11,17-20,30H,5,12-16H2,1-4H3,(H,33,34)/t20-/m1/s1. The van der Waals surface area contributed by atoms with E-state index in [4.69, 9.17) is 4.98 Å². The van der Waals surface area contributed by atoms with Gasteiger partial charge in [0.2, 0.25) is 0 Å². The second-order valence-corrected chi connectivity index (χ2v) is 11.9. The quantitative estimate of drug-likeness (QED) is 0.412. The van der Waals surface area contributed by atoms with Crippen LogP contribution < -0.4 is 9.62 Å². The molecule has 2 heterocycles. The van der Waals surface area contributed by atoms with Crippen molar-refractivity contribution in [2.75, 3.05) is 35.8 Å². The molecular formula is C28H36N4O4S. The van der Waals surface area contributed by atoms with E-state index in [0.717, 1.165) is 44.6 Å². The summed E-state index contributed by atoms with van der Waals surface area (Å²) in [5, 5.41) is 10.4. The summed E-state index contributed by atoms with van der Waals surface area (Å²) in [6, 6.07) is 13.6. The van der Waals surface area contributed by atoms with Gasteiger partial charge < -0.3 is 10.0 Å². The van der Waals surface area contributed by atoms with Crippen molar-refractivity contribution in [2.45, 2.75) is 51.5 Å². The summed E-state index contributed by atoms with van der Waals surface area (Å²) in [5.74, 6) is 0.197. The van der Waals surface area contributed by atoms with E-state index in [2.05, 4.69) is 35.3 Å². The lowest BCUT2D eigenvalue weighted by molar-refractivity contribution is 0.0699. The maximum absolute atomic E-state index is 12.9. The van der Waals surface area contributed by atoms with Gasteiger partial charge in [0.05, 0.1) is 16.0 Å². The molecule has 1 fully saturated rings. The Morgan fingerprint density at radius 2 is 1.70 bits per heavy atom. The van der Waals surface area contributed by atoms with Gasteiger partial charge in [-0.25, -0.2) is 18.2 Å². The minimum Gasteiger partial charge on any atom is -0.478 e. The maximum Gasteiger partial charge on any atom is 0.336 e. The van der Waals surface area contributed by atoms with E-state index in [9.17, 15) is 18.3 Å². The molecule has 2 aromatic carbocycles. The normalized spacial score (nSPS) is 15.8. The third-order valence-electron chi connectivity index (χ3n) is 6.99. The number of benzene rings is 2. The molecule has 0 unspecified atom stereocenters. The summed E-state index contributed by atoms with van der Waals surface area (Å²) < 4.78 is 28.4. The summed E-state index contributed by atoms with van der Waals surface area (Å²) in [5.41, 5.74) is 1.95. The topological polar surface area (TPSA) is 103 Å². The monoisotopic (exact) mass is 524 g/mol. The lowest BCUT2D eigenvalue weighted by Gasteiger charge is -2.39. The van der Waals surface area contributed by atoms with Crippen molar-refractivity contribution >= 4 is 38.4 Å². The largest absolute Gasteiger partial charge is 0.478 e. The molecule has 1 aliphatic heterocycles. The molecule has 2 N–H and O–H groups in total. The van der Waals surface area contributed by atoms with Crippen molar-refractivity contribution in [3.63, 3.8) is 0 Å². The molecule has 0 saturated carbocycles. The molecule has 8 nitrogen and oxygen atoms in total. The molecule has 37 heavy (non-hydrogen) atoms. The number of aryl methyl sites for hydroxylation is 1. The Bertz CT molecular complexity index is 1360. The summed E-state index contributed by atoms with van der Waals surface area (Å²) in [6.45, 7) is 12.1. The Hall–Kier alpha value is -3.17. The molecule has 3 aromatic rings. The summed E-state index contributed by atoms with van der Waals surface area (Å²) in [7, 11) is -3.82. The second kappa shape index (κ2) is 11.1. The van der Waals surface area contributed by atoms with Crippen LogP contribution in [-0.2, 0) is 16.4 Å². The number of anilines is 2. The number of aromatic carboxylic acids is 1. The number of hydrogen-bond donors (Lipinski definition) is 2.